The summed E-state index contributed by atoms with van der Waals surface area (Å²) in [6.07, 6.45) is 8.56. The zero-order chi connectivity index (χ0) is 18.6. The van der Waals surface area contributed by atoms with E-state index in [1.54, 1.807) is 17.3 Å². The molecule has 2 aromatic rings. The van der Waals surface area contributed by atoms with Gasteiger partial charge >= 0.3 is 0 Å². The highest BCUT2D eigenvalue weighted by Crippen LogP contribution is 2.23. The first-order chi connectivity index (χ1) is 13.2. The SMILES string of the molecule is O=C(NCc1ccc2c(c1)CCCC2)[C@@H]1CC(=O)N(Cc2ccncc2)C1. The molecule has 5 nitrogen and oxygen atoms in total. The summed E-state index contributed by atoms with van der Waals surface area (Å²) in [5.41, 5.74) is 5.05. The maximum Gasteiger partial charge on any atom is 0.225 e. The molecule has 1 aromatic carbocycles. The van der Waals surface area contributed by atoms with Crippen molar-refractivity contribution in [1.29, 1.82) is 0 Å². The molecule has 2 amide bonds. The minimum Gasteiger partial charge on any atom is -0.352 e. The van der Waals surface area contributed by atoms with Crippen molar-refractivity contribution in [3.8, 4) is 0 Å². The predicted octanol–water partition coefficient (Wildman–Crippen LogP) is 2.63. The third-order valence-electron chi connectivity index (χ3n) is 5.59. The number of nitrogens with zero attached hydrogens (tertiary/aromatic N) is 2. The summed E-state index contributed by atoms with van der Waals surface area (Å²) in [5.74, 6) is -0.254. The van der Waals surface area contributed by atoms with Gasteiger partial charge in [-0.15, -0.1) is 0 Å². The molecule has 140 valence electrons. The molecule has 1 atom stereocenters. The highest BCUT2D eigenvalue weighted by Gasteiger charge is 2.34. The van der Waals surface area contributed by atoms with Crippen molar-refractivity contribution in [2.75, 3.05) is 6.54 Å². The first-order valence-electron chi connectivity index (χ1n) is 9.74. The van der Waals surface area contributed by atoms with Crippen LogP contribution in [0.3, 0.4) is 0 Å². The number of amides is 2. The zero-order valence-corrected chi connectivity index (χ0v) is 15.5. The van der Waals surface area contributed by atoms with Gasteiger partial charge < -0.3 is 10.2 Å². The number of aryl methyl sites for hydroxylation is 2. The molecule has 1 saturated heterocycles. The summed E-state index contributed by atoms with van der Waals surface area (Å²) in [7, 11) is 0. The summed E-state index contributed by atoms with van der Waals surface area (Å²) in [4.78, 5) is 30.6. The molecule has 27 heavy (non-hydrogen) atoms. The number of rotatable bonds is 5. The quantitative estimate of drug-likeness (QED) is 0.888. The lowest BCUT2D eigenvalue weighted by molar-refractivity contribution is -0.129. The van der Waals surface area contributed by atoms with E-state index in [0.29, 0.717) is 26.1 Å². The van der Waals surface area contributed by atoms with Gasteiger partial charge in [-0.3, -0.25) is 14.6 Å². The van der Waals surface area contributed by atoms with E-state index in [1.807, 2.05) is 12.1 Å². The third kappa shape index (κ3) is 4.18. The van der Waals surface area contributed by atoms with Gasteiger partial charge in [0.1, 0.15) is 0 Å². The second kappa shape index (κ2) is 7.91. The molecule has 2 heterocycles. The Hall–Kier alpha value is -2.69. The molecule has 0 bridgehead atoms. The van der Waals surface area contributed by atoms with Crippen LogP contribution in [0.2, 0.25) is 0 Å². The van der Waals surface area contributed by atoms with Crippen molar-refractivity contribution < 1.29 is 9.59 Å². The fourth-order valence-corrected chi connectivity index (χ4v) is 4.04. The summed E-state index contributed by atoms with van der Waals surface area (Å²) < 4.78 is 0. The van der Waals surface area contributed by atoms with E-state index < -0.39 is 0 Å². The lowest BCUT2D eigenvalue weighted by Crippen LogP contribution is -2.32. The molecule has 1 N–H and O–H groups in total. The Bertz CT molecular complexity index is 835. The standard InChI is InChI=1S/C22H25N3O2/c26-21-12-20(15-25(21)14-16-7-9-23-10-8-16)22(27)24-13-17-5-6-18-3-1-2-4-19(18)11-17/h5-11,20H,1-4,12-15H2,(H,24,27)/t20-/m1/s1. The Kier molecular flexibility index (Phi) is 5.19. The first-order valence-corrected chi connectivity index (χ1v) is 9.74. The molecule has 1 aliphatic heterocycles. The van der Waals surface area contributed by atoms with Gasteiger partial charge in [0, 0.05) is 38.4 Å². The minimum atomic E-state index is -0.267. The van der Waals surface area contributed by atoms with Gasteiger partial charge in [-0.25, -0.2) is 0 Å². The first kappa shape index (κ1) is 17.7. The monoisotopic (exact) mass is 363 g/mol. The predicted molar refractivity (Wildman–Crippen MR) is 103 cm³/mol. The van der Waals surface area contributed by atoms with E-state index >= 15 is 0 Å². The van der Waals surface area contributed by atoms with E-state index in [2.05, 4.69) is 28.5 Å². The Morgan fingerprint density at radius 2 is 1.85 bits per heavy atom. The smallest absolute Gasteiger partial charge is 0.225 e. The van der Waals surface area contributed by atoms with Crippen molar-refractivity contribution in [3.63, 3.8) is 0 Å². The normalized spacial score (nSPS) is 19.0. The number of aromatic nitrogens is 1. The van der Waals surface area contributed by atoms with Crippen LogP contribution in [-0.4, -0.2) is 28.2 Å². The molecule has 1 fully saturated rings. The second-order valence-electron chi connectivity index (χ2n) is 7.56. The van der Waals surface area contributed by atoms with E-state index in [4.69, 9.17) is 0 Å². The average molecular weight is 363 g/mol. The average Bonchev–Trinajstić information content (AvgIpc) is 3.07. The Morgan fingerprint density at radius 3 is 2.67 bits per heavy atom. The summed E-state index contributed by atoms with van der Waals surface area (Å²) in [6, 6.07) is 10.3. The van der Waals surface area contributed by atoms with E-state index in [-0.39, 0.29) is 17.7 Å². The van der Waals surface area contributed by atoms with Crippen LogP contribution in [0, 0.1) is 5.92 Å². The molecule has 0 unspecified atom stereocenters. The molecule has 0 saturated carbocycles. The molecule has 1 aromatic heterocycles. The van der Waals surface area contributed by atoms with Crippen molar-refractivity contribution in [2.24, 2.45) is 5.92 Å². The third-order valence-corrected chi connectivity index (χ3v) is 5.59. The minimum absolute atomic E-state index is 0.0294. The van der Waals surface area contributed by atoms with Crippen LogP contribution >= 0.6 is 0 Å². The molecule has 2 aliphatic rings. The number of hydrogen-bond acceptors (Lipinski definition) is 3. The van der Waals surface area contributed by atoms with Crippen LogP contribution in [0.5, 0.6) is 0 Å². The van der Waals surface area contributed by atoms with Crippen LogP contribution in [0.4, 0.5) is 0 Å². The van der Waals surface area contributed by atoms with Crippen LogP contribution in [0.15, 0.2) is 42.7 Å². The van der Waals surface area contributed by atoms with Crippen LogP contribution in [-0.2, 0) is 35.5 Å². The van der Waals surface area contributed by atoms with E-state index in [1.165, 1.54) is 30.4 Å². The largest absolute Gasteiger partial charge is 0.352 e. The van der Waals surface area contributed by atoms with Crippen LogP contribution in [0.1, 0.15) is 41.5 Å². The van der Waals surface area contributed by atoms with E-state index in [9.17, 15) is 9.59 Å². The van der Waals surface area contributed by atoms with Crippen molar-refractivity contribution in [1.82, 2.24) is 15.2 Å². The van der Waals surface area contributed by atoms with Gasteiger partial charge in [0.25, 0.3) is 0 Å². The highest BCUT2D eigenvalue weighted by molar-refractivity contribution is 5.89. The number of carbonyl (C=O) groups excluding carboxylic acids is 2. The molecular weight excluding hydrogens is 338 g/mol. The van der Waals surface area contributed by atoms with Crippen molar-refractivity contribution >= 4 is 11.8 Å². The summed E-state index contributed by atoms with van der Waals surface area (Å²) in [6.45, 7) is 1.55. The maximum absolute atomic E-state index is 12.6. The number of nitrogens with one attached hydrogen (secondary N) is 1. The topological polar surface area (TPSA) is 62.3 Å². The summed E-state index contributed by atoms with van der Waals surface area (Å²) in [5, 5.41) is 3.02. The van der Waals surface area contributed by atoms with Gasteiger partial charge in [0.2, 0.25) is 11.8 Å². The number of benzene rings is 1. The zero-order valence-electron chi connectivity index (χ0n) is 15.5. The Balaban J connectivity index is 1.32. The molecule has 0 radical (unpaired) electrons. The molecule has 5 heteroatoms. The highest BCUT2D eigenvalue weighted by atomic mass is 16.2. The molecular formula is C22H25N3O2. The molecule has 4 rings (SSSR count). The molecule has 0 spiro atoms. The fraction of sp³-hybridized carbons (Fsp3) is 0.409. The van der Waals surface area contributed by atoms with Crippen LogP contribution in [0.25, 0.3) is 0 Å². The number of fused-ring (bicyclic) bond motifs is 1. The lowest BCUT2D eigenvalue weighted by atomic mass is 9.90. The summed E-state index contributed by atoms with van der Waals surface area (Å²) >= 11 is 0. The number of carbonyl (C=O) groups is 2. The second-order valence-corrected chi connectivity index (χ2v) is 7.56. The Morgan fingerprint density at radius 1 is 1.07 bits per heavy atom. The fourth-order valence-electron chi connectivity index (χ4n) is 4.04. The lowest BCUT2D eigenvalue weighted by Gasteiger charge is -2.18. The van der Waals surface area contributed by atoms with Gasteiger partial charge in [0.15, 0.2) is 0 Å². The van der Waals surface area contributed by atoms with Gasteiger partial charge in [0.05, 0.1) is 5.92 Å². The maximum atomic E-state index is 12.6. The number of hydrogen-bond donors (Lipinski definition) is 1. The van der Waals surface area contributed by atoms with Gasteiger partial charge in [-0.05, 0) is 60.1 Å². The van der Waals surface area contributed by atoms with Gasteiger partial charge in [-0.2, -0.15) is 0 Å². The van der Waals surface area contributed by atoms with Gasteiger partial charge in [-0.1, -0.05) is 18.2 Å². The molecule has 1 aliphatic carbocycles. The van der Waals surface area contributed by atoms with Crippen molar-refractivity contribution in [3.05, 3.63) is 65.0 Å². The number of pyridine rings is 1. The van der Waals surface area contributed by atoms with Crippen molar-refractivity contribution in [2.45, 2.75) is 45.2 Å². The van der Waals surface area contributed by atoms with Crippen LogP contribution < -0.4 is 5.32 Å². The number of likely N-dealkylation sites (tertiary alicyclic amines) is 1. The Labute approximate surface area is 159 Å². The van der Waals surface area contributed by atoms with E-state index in [0.717, 1.165) is 17.5 Å².